The quantitative estimate of drug-likeness (QED) is 0.742. The summed E-state index contributed by atoms with van der Waals surface area (Å²) in [6, 6.07) is 7.74. The molecule has 0 bridgehead atoms. The number of ether oxygens (including phenoxy) is 1. The largest absolute Gasteiger partial charge is 0.497 e. The van der Waals surface area contributed by atoms with E-state index in [-0.39, 0.29) is 6.04 Å². The first-order valence-corrected chi connectivity index (χ1v) is 6.00. The van der Waals surface area contributed by atoms with Gasteiger partial charge in [0.05, 0.1) is 7.11 Å². The second-order valence-corrected chi connectivity index (χ2v) is 4.36. The standard InChI is InChI=1S/C14H17NO2/c1-17-13-8-6-11(7-9-13)10-12-4-2-3-5-14(12)15-16/h6-10,14H,2-5H2,1H3. The number of rotatable bonds is 3. The minimum Gasteiger partial charge on any atom is -0.497 e. The Balaban J connectivity index is 2.18. The minimum atomic E-state index is -0.120. The Labute approximate surface area is 101 Å². The van der Waals surface area contributed by atoms with Crippen molar-refractivity contribution in [2.75, 3.05) is 7.11 Å². The third-order valence-electron chi connectivity index (χ3n) is 3.22. The molecular weight excluding hydrogens is 214 g/mol. The lowest BCUT2D eigenvalue weighted by molar-refractivity contribution is 0.415. The second-order valence-electron chi connectivity index (χ2n) is 4.36. The van der Waals surface area contributed by atoms with Crippen molar-refractivity contribution < 1.29 is 4.74 Å². The Morgan fingerprint density at radius 3 is 2.71 bits per heavy atom. The van der Waals surface area contributed by atoms with Crippen molar-refractivity contribution in [2.45, 2.75) is 31.7 Å². The molecule has 0 heterocycles. The molecule has 0 aliphatic heterocycles. The lowest BCUT2D eigenvalue weighted by atomic mass is 9.89. The van der Waals surface area contributed by atoms with E-state index in [9.17, 15) is 4.91 Å². The van der Waals surface area contributed by atoms with Crippen molar-refractivity contribution in [3.8, 4) is 5.75 Å². The topological polar surface area (TPSA) is 38.7 Å². The van der Waals surface area contributed by atoms with E-state index in [2.05, 4.69) is 11.3 Å². The molecule has 1 fully saturated rings. The zero-order chi connectivity index (χ0) is 12.1. The van der Waals surface area contributed by atoms with Crippen LogP contribution in [0.25, 0.3) is 6.08 Å². The summed E-state index contributed by atoms with van der Waals surface area (Å²) >= 11 is 0. The number of nitrogens with zero attached hydrogens (tertiary/aromatic N) is 1. The van der Waals surface area contributed by atoms with Gasteiger partial charge < -0.3 is 4.74 Å². The Morgan fingerprint density at radius 1 is 1.29 bits per heavy atom. The molecule has 1 aliphatic rings. The molecule has 1 saturated carbocycles. The van der Waals surface area contributed by atoms with Gasteiger partial charge in [-0.3, -0.25) is 0 Å². The van der Waals surface area contributed by atoms with Crippen LogP contribution >= 0.6 is 0 Å². The van der Waals surface area contributed by atoms with Crippen molar-refractivity contribution in [3.05, 3.63) is 40.3 Å². The lowest BCUT2D eigenvalue weighted by Gasteiger charge is -2.19. The molecule has 1 unspecified atom stereocenters. The first kappa shape index (κ1) is 11.8. The van der Waals surface area contributed by atoms with Crippen LogP contribution < -0.4 is 4.74 Å². The van der Waals surface area contributed by atoms with E-state index in [1.165, 1.54) is 0 Å². The average Bonchev–Trinajstić information content (AvgIpc) is 2.40. The molecule has 1 aromatic carbocycles. The van der Waals surface area contributed by atoms with E-state index in [1.807, 2.05) is 24.3 Å². The van der Waals surface area contributed by atoms with Gasteiger partial charge in [0.15, 0.2) is 0 Å². The fourth-order valence-electron chi connectivity index (χ4n) is 2.22. The van der Waals surface area contributed by atoms with Gasteiger partial charge in [-0.25, -0.2) is 0 Å². The highest BCUT2D eigenvalue weighted by Crippen LogP contribution is 2.28. The molecule has 90 valence electrons. The summed E-state index contributed by atoms with van der Waals surface area (Å²) in [4.78, 5) is 10.8. The summed E-state index contributed by atoms with van der Waals surface area (Å²) in [5.74, 6) is 0.848. The van der Waals surface area contributed by atoms with Crippen LogP contribution in [0.15, 0.2) is 35.0 Å². The van der Waals surface area contributed by atoms with Gasteiger partial charge in [0, 0.05) is 0 Å². The summed E-state index contributed by atoms with van der Waals surface area (Å²) < 4.78 is 5.11. The molecular formula is C14H17NO2. The molecule has 1 atom stereocenters. The number of benzene rings is 1. The highest BCUT2D eigenvalue weighted by atomic mass is 16.5. The van der Waals surface area contributed by atoms with Gasteiger partial charge in [-0.1, -0.05) is 29.8 Å². The summed E-state index contributed by atoms with van der Waals surface area (Å²) in [5, 5.41) is 3.22. The predicted molar refractivity (Wildman–Crippen MR) is 69.0 cm³/mol. The Kier molecular flexibility index (Phi) is 3.91. The predicted octanol–water partition coefficient (Wildman–Crippen LogP) is 3.79. The van der Waals surface area contributed by atoms with Gasteiger partial charge in [0.1, 0.15) is 11.8 Å². The summed E-state index contributed by atoms with van der Waals surface area (Å²) in [5.41, 5.74) is 2.27. The Bertz CT molecular complexity index is 409. The van der Waals surface area contributed by atoms with Crippen molar-refractivity contribution in [1.82, 2.24) is 0 Å². The lowest BCUT2D eigenvalue weighted by Crippen LogP contribution is -2.12. The van der Waals surface area contributed by atoms with Gasteiger partial charge >= 0.3 is 0 Å². The smallest absolute Gasteiger partial charge is 0.118 e. The van der Waals surface area contributed by atoms with Crippen molar-refractivity contribution >= 4 is 6.08 Å². The van der Waals surface area contributed by atoms with Crippen molar-refractivity contribution in [3.63, 3.8) is 0 Å². The molecule has 17 heavy (non-hydrogen) atoms. The van der Waals surface area contributed by atoms with Crippen LogP contribution in [0.2, 0.25) is 0 Å². The van der Waals surface area contributed by atoms with E-state index in [1.54, 1.807) is 7.11 Å². The first-order chi connectivity index (χ1) is 8.33. The average molecular weight is 231 g/mol. The molecule has 2 rings (SSSR count). The molecule has 1 aliphatic carbocycles. The summed E-state index contributed by atoms with van der Waals surface area (Å²) in [6.07, 6.45) is 6.24. The van der Waals surface area contributed by atoms with Crippen LogP contribution in [0.4, 0.5) is 0 Å². The van der Waals surface area contributed by atoms with Gasteiger partial charge in [0.25, 0.3) is 0 Å². The highest BCUT2D eigenvalue weighted by Gasteiger charge is 2.18. The van der Waals surface area contributed by atoms with Crippen LogP contribution in [-0.2, 0) is 0 Å². The summed E-state index contributed by atoms with van der Waals surface area (Å²) in [6.45, 7) is 0. The second kappa shape index (κ2) is 5.62. The number of hydrogen-bond acceptors (Lipinski definition) is 3. The van der Waals surface area contributed by atoms with Crippen molar-refractivity contribution in [1.29, 1.82) is 0 Å². The molecule has 0 amide bonds. The summed E-state index contributed by atoms with van der Waals surface area (Å²) in [7, 11) is 1.65. The molecule has 3 heteroatoms. The zero-order valence-corrected chi connectivity index (χ0v) is 10.1. The van der Waals surface area contributed by atoms with Crippen LogP contribution in [0.1, 0.15) is 31.2 Å². The van der Waals surface area contributed by atoms with Crippen LogP contribution in [0, 0.1) is 4.91 Å². The Hall–Kier alpha value is -1.64. The number of methoxy groups -OCH3 is 1. The maximum Gasteiger partial charge on any atom is 0.118 e. The van der Waals surface area contributed by atoms with Gasteiger partial charge in [-0.15, -0.1) is 0 Å². The van der Waals surface area contributed by atoms with E-state index in [4.69, 9.17) is 4.74 Å². The third kappa shape index (κ3) is 2.93. The van der Waals surface area contributed by atoms with Crippen LogP contribution in [0.5, 0.6) is 5.75 Å². The van der Waals surface area contributed by atoms with Gasteiger partial charge in [0.2, 0.25) is 0 Å². The molecule has 3 nitrogen and oxygen atoms in total. The molecule has 0 aromatic heterocycles. The van der Waals surface area contributed by atoms with E-state index in [0.717, 1.165) is 42.6 Å². The fraction of sp³-hybridized carbons (Fsp3) is 0.429. The number of hydrogen-bond donors (Lipinski definition) is 0. The monoisotopic (exact) mass is 231 g/mol. The number of nitroso groups, excluding NO2 is 1. The maximum atomic E-state index is 10.8. The van der Waals surface area contributed by atoms with E-state index >= 15 is 0 Å². The minimum absolute atomic E-state index is 0.120. The Morgan fingerprint density at radius 2 is 2.06 bits per heavy atom. The molecule has 0 spiro atoms. The molecule has 1 aromatic rings. The SMILES string of the molecule is COc1ccc(C=C2CCCCC2N=O)cc1. The zero-order valence-electron chi connectivity index (χ0n) is 10.1. The van der Waals surface area contributed by atoms with Gasteiger partial charge in [-0.2, -0.15) is 4.91 Å². The third-order valence-corrected chi connectivity index (χ3v) is 3.22. The van der Waals surface area contributed by atoms with Crippen LogP contribution in [0.3, 0.4) is 0 Å². The highest BCUT2D eigenvalue weighted by molar-refractivity contribution is 5.55. The normalized spacial score (nSPS) is 22.4. The molecule has 0 radical (unpaired) electrons. The molecule has 0 N–H and O–H groups in total. The first-order valence-electron chi connectivity index (χ1n) is 6.00. The van der Waals surface area contributed by atoms with Crippen molar-refractivity contribution in [2.24, 2.45) is 5.18 Å². The van der Waals surface area contributed by atoms with E-state index in [0.29, 0.717) is 0 Å². The maximum absolute atomic E-state index is 10.8. The molecule has 0 saturated heterocycles. The fourth-order valence-corrected chi connectivity index (χ4v) is 2.22. The van der Waals surface area contributed by atoms with Crippen LogP contribution in [-0.4, -0.2) is 13.2 Å². The van der Waals surface area contributed by atoms with E-state index < -0.39 is 0 Å². The van der Waals surface area contributed by atoms with Gasteiger partial charge in [-0.05, 0) is 42.5 Å².